The molecule has 1 spiro atoms. The predicted octanol–water partition coefficient (Wildman–Crippen LogP) is 1.21. The van der Waals surface area contributed by atoms with Gasteiger partial charge in [0, 0.05) is 31.7 Å². The summed E-state index contributed by atoms with van der Waals surface area (Å²) in [6.07, 6.45) is 2.54. The van der Waals surface area contributed by atoms with Crippen LogP contribution in [0, 0.1) is 0 Å². The van der Waals surface area contributed by atoms with Gasteiger partial charge in [0.05, 0.1) is 0 Å². The fourth-order valence-corrected chi connectivity index (χ4v) is 3.32. The fraction of sp³-hybridized carbons (Fsp3) is 0.600. The minimum atomic E-state index is 0.388. The van der Waals surface area contributed by atoms with E-state index in [1.165, 1.54) is 24.9 Å². The summed E-state index contributed by atoms with van der Waals surface area (Å²) in [6.45, 7) is 6.88. The average Bonchev–Trinajstić information content (AvgIpc) is 2.44. The van der Waals surface area contributed by atoms with Crippen molar-refractivity contribution in [3.8, 4) is 0 Å². The van der Waals surface area contributed by atoms with Gasteiger partial charge >= 0.3 is 0 Å². The quantitative estimate of drug-likeness (QED) is 0.820. The van der Waals surface area contributed by atoms with Crippen molar-refractivity contribution in [2.45, 2.75) is 24.9 Å². The monoisotopic (exact) mass is 245 g/mol. The van der Waals surface area contributed by atoms with Gasteiger partial charge in [-0.25, -0.2) is 0 Å². The largest absolute Gasteiger partial charge is 0.317 e. The van der Waals surface area contributed by atoms with Gasteiger partial charge in [0.15, 0.2) is 0 Å². The van der Waals surface area contributed by atoms with Crippen molar-refractivity contribution >= 4 is 0 Å². The Labute approximate surface area is 110 Å². The van der Waals surface area contributed by atoms with Crippen molar-refractivity contribution in [1.82, 2.24) is 15.5 Å². The highest BCUT2D eigenvalue weighted by atomic mass is 15.3. The molecule has 2 saturated heterocycles. The van der Waals surface area contributed by atoms with Crippen molar-refractivity contribution in [2.24, 2.45) is 0 Å². The highest BCUT2D eigenvalue weighted by Crippen LogP contribution is 2.29. The molecule has 0 unspecified atom stereocenters. The third-order valence-corrected chi connectivity index (χ3v) is 4.43. The zero-order valence-electron chi connectivity index (χ0n) is 11.0. The van der Waals surface area contributed by atoms with Crippen LogP contribution in [0.15, 0.2) is 30.3 Å². The van der Waals surface area contributed by atoms with Crippen molar-refractivity contribution in [3.05, 3.63) is 35.9 Å². The number of hydrogen-bond donors (Lipinski definition) is 2. The van der Waals surface area contributed by atoms with Gasteiger partial charge in [0.2, 0.25) is 0 Å². The van der Waals surface area contributed by atoms with Gasteiger partial charge in [-0.05, 0) is 31.5 Å². The second kappa shape index (κ2) is 5.39. The van der Waals surface area contributed by atoms with E-state index in [0.29, 0.717) is 5.54 Å². The first kappa shape index (κ1) is 12.2. The first-order chi connectivity index (χ1) is 8.89. The second-order valence-electron chi connectivity index (χ2n) is 5.56. The number of nitrogens with one attached hydrogen (secondary N) is 2. The summed E-state index contributed by atoms with van der Waals surface area (Å²) >= 11 is 0. The molecule has 0 atom stereocenters. The number of piperazine rings is 1. The summed E-state index contributed by atoms with van der Waals surface area (Å²) in [7, 11) is 0. The minimum Gasteiger partial charge on any atom is -0.317 e. The molecule has 0 amide bonds. The van der Waals surface area contributed by atoms with Crippen LogP contribution in [0.5, 0.6) is 0 Å². The first-order valence-corrected chi connectivity index (χ1v) is 7.10. The van der Waals surface area contributed by atoms with E-state index in [2.05, 4.69) is 45.9 Å². The molecule has 0 aliphatic carbocycles. The average molecular weight is 245 g/mol. The smallest absolute Gasteiger partial charge is 0.0362 e. The minimum absolute atomic E-state index is 0.388. The molecule has 18 heavy (non-hydrogen) atoms. The van der Waals surface area contributed by atoms with Crippen LogP contribution >= 0.6 is 0 Å². The Morgan fingerprint density at radius 3 is 2.56 bits per heavy atom. The molecule has 2 heterocycles. The molecule has 2 aliphatic heterocycles. The Hall–Kier alpha value is -0.900. The molecule has 0 radical (unpaired) electrons. The normalized spacial score (nSPS) is 24.2. The molecule has 0 bridgehead atoms. The molecule has 2 aliphatic rings. The second-order valence-corrected chi connectivity index (χ2v) is 5.56. The third kappa shape index (κ3) is 2.44. The van der Waals surface area contributed by atoms with Gasteiger partial charge in [0.1, 0.15) is 0 Å². The summed E-state index contributed by atoms with van der Waals surface area (Å²) in [5.74, 6) is 0. The molecule has 1 aromatic rings. The van der Waals surface area contributed by atoms with E-state index in [4.69, 9.17) is 0 Å². The SMILES string of the molecule is c1ccc(CN2CCNCC23CCNCC3)cc1. The number of benzene rings is 1. The maximum Gasteiger partial charge on any atom is 0.0362 e. The van der Waals surface area contributed by atoms with Crippen molar-refractivity contribution in [3.63, 3.8) is 0 Å². The highest BCUT2D eigenvalue weighted by molar-refractivity contribution is 5.15. The Morgan fingerprint density at radius 1 is 1.00 bits per heavy atom. The van der Waals surface area contributed by atoms with Crippen LogP contribution < -0.4 is 10.6 Å². The molecule has 98 valence electrons. The molecule has 3 rings (SSSR count). The zero-order valence-corrected chi connectivity index (χ0v) is 11.0. The van der Waals surface area contributed by atoms with Crippen LogP contribution in [-0.4, -0.2) is 43.2 Å². The van der Waals surface area contributed by atoms with Crippen molar-refractivity contribution < 1.29 is 0 Å². The maximum absolute atomic E-state index is 3.59. The number of rotatable bonds is 2. The van der Waals surface area contributed by atoms with Gasteiger partial charge in [-0.15, -0.1) is 0 Å². The summed E-state index contributed by atoms with van der Waals surface area (Å²) in [6, 6.07) is 10.9. The Kier molecular flexibility index (Phi) is 3.64. The van der Waals surface area contributed by atoms with Crippen molar-refractivity contribution in [2.75, 3.05) is 32.7 Å². The van der Waals surface area contributed by atoms with Gasteiger partial charge in [-0.3, -0.25) is 4.90 Å². The Morgan fingerprint density at radius 2 is 1.78 bits per heavy atom. The first-order valence-electron chi connectivity index (χ1n) is 7.10. The van der Waals surface area contributed by atoms with E-state index in [1.807, 2.05) is 0 Å². The van der Waals surface area contributed by atoms with E-state index in [9.17, 15) is 0 Å². The molecule has 0 saturated carbocycles. The lowest BCUT2D eigenvalue weighted by Crippen LogP contribution is -2.64. The van der Waals surface area contributed by atoms with E-state index in [0.717, 1.165) is 32.7 Å². The molecular formula is C15H23N3. The summed E-state index contributed by atoms with van der Waals surface area (Å²) in [5, 5.41) is 7.08. The van der Waals surface area contributed by atoms with Crippen LogP contribution in [0.3, 0.4) is 0 Å². The Bertz CT molecular complexity index is 362. The molecular weight excluding hydrogens is 222 g/mol. The highest BCUT2D eigenvalue weighted by Gasteiger charge is 2.39. The maximum atomic E-state index is 3.59. The van der Waals surface area contributed by atoms with E-state index in [-0.39, 0.29) is 0 Å². The van der Waals surface area contributed by atoms with Crippen LogP contribution in [0.25, 0.3) is 0 Å². The third-order valence-electron chi connectivity index (χ3n) is 4.43. The number of nitrogens with zero attached hydrogens (tertiary/aromatic N) is 1. The number of piperidine rings is 1. The topological polar surface area (TPSA) is 27.3 Å². The molecule has 3 heteroatoms. The fourth-order valence-electron chi connectivity index (χ4n) is 3.32. The molecule has 0 aromatic heterocycles. The Balaban J connectivity index is 1.75. The summed E-state index contributed by atoms with van der Waals surface area (Å²) in [5.41, 5.74) is 1.83. The van der Waals surface area contributed by atoms with Gasteiger partial charge in [0.25, 0.3) is 0 Å². The lowest BCUT2D eigenvalue weighted by atomic mass is 9.84. The van der Waals surface area contributed by atoms with E-state index in [1.54, 1.807) is 0 Å². The lowest BCUT2D eigenvalue weighted by molar-refractivity contribution is 0.0263. The van der Waals surface area contributed by atoms with Crippen molar-refractivity contribution in [1.29, 1.82) is 0 Å². The van der Waals surface area contributed by atoms with Gasteiger partial charge in [-0.2, -0.15) is 0 Å². The van der Waals surface area contributed by atoms with Gasteiger partial charge in [-0.1, -0.05) is 30.3 Å². The summed E-state index contributed by atoms with van der Waals surface area (Å²) < 4.78 is 0. The van der Waals surface area contributed by atoms with Crippen LogP contribution in [0.1, 0.15) is 18.4 Å². The van der Waals surface area contributed by atoms with E-state index < -0.39 is 0 Å². The van der Waals surface area contributed by atoms with Gasteiger partial charge < -0.3 is 10.6 Å². The molecule has 1 aromatic carbocycles. The molecule has 2 N–H and O–H groups in total. The molecule has 3 nitrogen and oxygen atoms in total. The van der Waals surface area contributed by atoms with E-state index >= 15 is 0 Å². The molecule has 2 fully saturated rings. The zero-order chi connectivity index (χ0) is 12.3. The number of hydrogen-bond acceptors (Lipinski definition) is 3. The van der Waals surface area contributed by atoms with Crippen LogP contribution in [-0.2, 0) is 6.54 Å². The lowest BCUT2D eigenvalue weighted by Gasteiger charge is -2.50. The predicted molar refractivity (Wildman–Crippen MR) is 74.6 cm³/mol. The standard InChI is InChI=1S/C15H23N3/c1-2-4-14(5-3-1)12-18-11-10-17-13-15(18)6-8-16-9-7-15/h1-5,16-17H,6-13H2. The van der Waals surface area contributed by atoms with Crippen LogP contribution in [0.2, 0.25) is 0 Å². The summed E-state index contributed by atoms with van der Waals surface area (Å²) in [4.78, 5) is 2.71. The van der Waals surface area contributed by atoms with Crippen LogP contribution in [0.4, 0.5) is 0 Å².